The molecule has 5 rings (SSSR count). The van der Waals surface area contributed by atoms with Crippen molar-refractivity contribution in [2.45, 2.75) is 19.3 Å². The van der Waals surface area contributed by atoms with E-state index in [0.717, 1.165) is 5.56 Å². The van der Waals surface area contributed by atoms with Gasteiger partial charge in [0.15, 0.2) is 16.9 Å². The van der Waals surface area contributed by atoms with Gasteiger partial charge in [-0.25, -0.2) is 0 Å². The van der Waals surface area contributed by atoms with Crippen LogP contribution >= 0.6 is 0 Å². The standard InChI is InChI=1S/C20H14O6/c1-10-2-3-15-13(4-10)20(22)14(8-23-15)11-6-19(21)26-16-7-18-17(5-12(11)16)24-9-25-18/h2-5,7-8,11H,6,9H2,1H3/t11-/m1/s1. The van der Waals surface area contributed by atoms with Crippen LogP contribution in [-0.2, 0) is 4.79 Å². The molecule has 6 nitrogen and oxygen atoms in total. The Kier molecular flexibility index (Phi) is 3.09. The first-order valence-corrected chi connectivity index (χ1v) is 8.26. The van der Waals surface area contributed by atoms with Gasteiger partial charge in [0.1, 0.15) is 11.3 Å². The van der Waals surface area contributed by atoms with Crippen molar-refractivity contribution >= 4 is 16.9 Å². The van der Waals surface area contributed by atoms with Gasteiger partial charge in [-0.15, -0.1) is 0 Å². The largest absolute Gasteiger partial charge is 0.464 e. The van der Waals surface area contributed by atoms with Crippen LogP contribution in [0.15, 0.2) is 45.8 Å². The van der Waals surface area contributed by atoms with E-state index in [-0.39, 0.29) is 18.6 Å². The van der Waals surface area contributed by atoms with Crippen molar-refractivity contribution in [3.8, 4) is 17.2 Å². The molecule has 3 heterocycles. The highest BCUT2D eigenvalue weighted by Gasteiger charge is 2.33. The third-order valence-electron chi connectivity index (χ3n) is 4.81. The normalized spacial score (nSPS) is 17.9. The SMILES string of the molecule is Cc1ccc2occ([C@@H]3CC(=O)Oc4cc5c(cc43)OCO5)c(=O)c2c1. The molecule has 0 unspecified atom stereocenters. The van der Waals surface area contributed by atoms with Crippen molar-refractivity contribution in [2.24, 2.45) is 0 Å². The van der Waals surface area contributed by atoms with E-state index in [4.69, 9.17) is 18.6 Å². The van der Waals surface area contributed by atoms with Crippen molar-refractivity contribution in [1.29, 1.82) is 0 Å². The maximum atomic E-state index is 13.1. The lowest BCUT2D eigenvalue weighted by Crippen LogP contribution is -2.24. The fourth-order valence-corrected chi connectivity index (χ4v) is 3.52. The molecule has 130 valence electrons. The summed E-state index contributed by atoms with van der Waals surface area (Å²) in [6, 6.07) is 8.87. The molecule has 0 amide bonds. The lowest BCUT2D eigenvalue weighted by atomic mass is 9.86. The van der Waals surface area contributed by atoms with Gasteiger partial charge in [-0.3, -0.25) is 9.59 Å². The molecule has 0 aliphatic carbocycles. The maximum absolute atomic E-state index is 13.1. The molecule has 0 spiro atoms. The van der Waals surface area contributed by atoms with Crippen LogP contribution in [0.5, 0.6) is 17.2 Å². The molecule has 0 fully saturated rings. The van der Waals surface area contributed by atoms with Gasteiger partial charge in [-0.1, -0.05) is 11.6 Å². The topological polar surface area (TPSA) is 75.0 Å². The average Bonchev–Trinajstić information content (AvgIpc) is 3.07. The number of rotatable bonds is 1. The molecule has 2 aliphatic rings. The van der Waals surface area contributed by atoms with E-state index in [1.54, 1.807) is 24.3 Å². The highest BCUT2D eigenvalue weighted by Crippen LogP contribution is 2.45. The number of ether oxygens (including phenoxy) is 3. The molecule has 0 bridgehead atoms. The lowest BCUT2D eigenvalue weighted by molar-refractivity contribution is -0.135. The zero-order chi connectivity index (χ0) is 17.8. The summed E-state index contributed by atoms with van der Waals surface area (Å²) < 4.78 is 21.8. The Morgan fingerprint density at radius 2 is 1.77 bits per heavy atom. The molecule has 6 heteroatoms. The highest BCUT2D eigenvalue weighted by atomic mass is 16.7. The molecule has 0 saturated carbocycles. The summed E-state index contributed by atoms with van der Waals surface area (Å²) in [5, 5.41) is 0.503. The number of esters is 1. The van der Waals surface area contributed by atoms with E-state index in [0.29, 0.717) is 39.3 Å². The van der Waals surface area contributed by atoms with E-state index in [1.807, 2.05) is 13.0 Å². The Balaban J connectivity index is 1.72. The second-order valence-electron chi connectivity index (χ2n) is 6.49. The summed E-state index contributed by atoms with van der Waals surface area (Å²) in [5.41, 5.74) is 2.49. The Morgan fingerprint density at radius 3 is 2.62 bits per heavy atom. The average molecular weight is 350 g/mol. The Hall–Kier alpha value is -3.28. The van der Waals surface area contributed by atoms with Gasteiger partial charge in [0.2, 0.25) is 6.79 Å². The number of carbonyl (C=O) groups is 1. The molecule has 1 aromatic heterocycles. The minimum atomic E-state index is -0.457. The van der Waals surface area contributed by atoms with E-state index >= 15 is 0 Å². The number of carbonyl (C=O) groups excluding carboxylic acids is 1. The molecule has 1 atom stereocenters. The predicted octanol–water partition coefficient (Wildman–Crippen LogP) is 3.27. The monoisotopic (exact) mass is 350 g/mol. The van der Waals surface area contributed by atoms with Crippen molar-refractivity contribution < 1.29 is 23.4 Å². The molecule has 0 saturated heterocycles. The van der Waals surface area contributed by atoms with Crippen molar-refractivity contribution in [3.63, 3.8) is 0 Å². The van der Waals surface area contributed by atoms with Gasteiger partial charge in [0.05, 0.1) is 18.1 Å². The van der Waals surface area contributed by atoms with Crippen LogP contribution in [0.3, 0.4) is 0 Å². The van der Waals surface area contributed by atoms with Gasteiger partial charge >= 0.3 is 5.97 Å². The summed E-state index contributed by atoms with van der Waals surface area (Å²) >= 11 is 0. The summed E-state index contributed by atoms with van der Waals surface area (Å²) in [5.74, 6) is 0.636. The van der Waals surface area contributed by atoms with Crippen molar-refractivity contribution in [2.75, 3.05) is 6.79 Å². The van der Waals surface area contributed by atoms with E-state index < -0.39 is 11.9 Å². The molecule has 26 heavy (non-hydrogen) atoms. The van der Waals surface area contributed by atoms with Crippen LogP contribution < -0.4 is 19.6 Å². The first kappa shape index (κ1) is 15.0. The third kappa shape index (κ3) is 2.19. The number of aryl methyl sites for hydroxylation is 1. The molecular formula is C20H14O6. The smallest absolute Gasteiger partial charge is 0.312 e. The number of hydrogen-bond donors (Lipinski definition) is 0. The van der Waals surface area contributed by atoms with Gasteiger partial charge in [-0.05, 0) is 25.1 Å². The van der Waals surface area contributed by atoms with Crippen molar-refractivity contribution in [1.82, 2.24) is 0 Å². The minimum Gasteiger partial charge on any atom is -0.464 e. The van der Waals surface area contributed by atoms with Gasteiger partial charge in [-0.2, -0.15) is 0 Å². The van der Waals surface area contributed by atoms with Crippen LogP contribution in [0.25, 0.3) is 11.0 Å². The van der Waals surface area contributed by atoms with Crippen LogP contribution in [0.4, 0.5) is 0 Å². The predicted molar refractivity (Wildman–Crippen MR) is 91.9 cm³/mol. The Labute approximate surface area is 147 Å². The number of benzene rings is 2. The quantitative estimate of drug-likeness (QED) is 0.495. The van der Waals surface area contributed by atoms with E-state index in [2.05, 4.69) is 0 Å². The second-order valence-corrected chi connectivity index (χ2v) is 6.49. The van der Waals surface area contributed by atoms with Crippen LogP contribution in [0.1, 0.15) is 29.0 Å². The summed E-state index contributed by atoms with van der Waals surface area (Å²) in [7, 11) is 0. The van der Waals surface area contributed by atoms with Crippen LogP contribution in [0, 0.1) is 6.92 Å². The maximum Gasteiger partial charge on any atom is 0.312 e. The molecular weight excluding hydrogens is 336 g/mol. The van der Waals surface area contributed by atoms with Crippen LogP contribution in [-0.4, -0.2) is 12.8 Å². The fourth-order valence-electron chi connectivity index (χ4n) is 3.52. The summed E-state index contributed by atoms with van der Waals surface area (Å²) in [6.07, 6.45) is 1.51. The first-order chi connectivity index (χ1) is 12.6. The van der Waals surface area contributed by atoms with Gasteiger partial charge < -0.3 is 18.6 Å². The van der Waals surface area contributed by atoms with E-state index in [1.165, 1.54) is 6.26 Å². The lowest BCUT2D eigenvalue weighted by Gasteiger charge is -2.24. The molecule has 3 aromatic rings. The Morgan fingerprint density at radius 1 is 0.962 bits per heavy atom. The van der Waals surface area contributed by atoms with E-state index in [9.17, 15) is 9.59 Å². The van der Waals surface area contributed by atoms with Crippen LogP contribution in [0.2, 0.25) is 0 Å². The van der Waals surface area contributed by atoms with Crippen molar-refractivity contribution in [3.05, 3.63) is 63.5 Å². The molecule has 2 aromatic carbocycles. The third-order valence-corrected chi connectivity index (χ3v) is 4.81. The number of fused-ring (bicyclic) bond motifs is 3. The Bertz CT molecular complexity index is 1130. The second kappa shape index (κ2) is 5.36. The zero-order valence-corrected chi connectivity index (χ0v) is 13.9. The van der Waals surface area contributed by atoms with Gasteiger partial charge in [0.25, 0.3) is 0 Å². The van der Waals surface area contributed by atoms with Gasteiger partial charge in [0, 0.05) is 23.1 Å². The molecule has 2 aliphatic heterocycles. The summed E-state index contributed by atoms with van der Waals surface area (Å²) in [4.78, 5) is 25.2. The summed E-state index contributed by atoms with van der Waals surface area (Å²) in [6.45, 7) is 2.04. The molecule has 0 N–H and O–H groups in total. The first-order valence-electron chi connectivity index (χ1n) is 8.26. The number of hydrogen-bond acceptors (Lipinski definition) is 6. The zero-order valence-electron chi connectivity index (χ0n) is 13.9. The molecule has 0 radical (unpaired) electrons. The fraction of sp³-hybridized carbons (Fsp3) is 0.200. The minimum absolute atomic E-state index is 0.0642. The highest BCUT2D eigenvalue weighted by molar-refractivity contribution is 5.81.